The molecular formula is C11H14ClNO. The van der Waals surface area contributed by atoms with Gasteiger partial charge in [-0.05, 0) is 24.1 Å². The summed E-state index contributed by atoms with van der Waals surface area (Å²) < 4.78 is 5.65. The molecule has 1 heterocycles. The topological polar surface area (TPSA) is 35.2 Å². The van der Waals surface area contributed by atoms with Gasteiger partial charge in [0.25, 0.3) is 0 Å². The summed E-state index contributed by atoms with van der Waals surface area (Å²) in [5.41, 5.74) is 6.99. The van der Waals surface area contributed by atoms with Crippen molar-refractivity contribution in [3.63, 3.8) is 0 Å². The highest BCUT2D eigenvalue weighted by atomic mass is 35.5. The quantitative estimate of drug-likeness (QED) is 0.774. The molecule has 0 aromatic heterocycles. The van der Waals surface area contributed by atoms with Gasteiger partial charge >= 0.3 is 0 Å². The van der Waals surface area contributed by atoms with E-state index >= 15 is 0 Å². The Labute approximate surface area is 89.0 Å². The number of halogens is 1. The summed E-state index contributed by atoms with van der Waals surface area (Å²) in [6, 6.07) is 5.78. The van der Waals surface area contributed by atoms with Crippen LogP contribution in [0.3, 0.4) is 0 Å². The summed E-state index contributed by atoms with van der Waals surface area (Å²) in [4.78, 5) is 0. The second-order valence-corrected chi connectivity index (χ2v) is 4.67. The van der Waals surface area contributed by atoms with Crippen LogP contribution in [0.5, 0.6) is 5.75 Å². The second-order valence-electron chi connectivity index (χ2n) is 4.23. The Kier molecular flexibility index (Phi) is 2.41. The Bertz CT molecular complexity index is 353. The molecule has 1 aromatic carbocycles. The summed E-state index contributed by atoms with van der Waals surface area (Å²) in [6.45, 7) is 3.47. The first-order valence-corrected chi connectivity index (χ1v) is 5.12. The van der Waals surface area contributed by atoms with Gasteiger partial charge in [0.1, 0.15) is 5.75 Å². The number of ether oxygens (including phenoxy) is 1. The van der Waals surface area contributed by atoms with Crippen molar-refractivity contribution in [3.05, 3.63) is 28.8 Å². The first-order valence-electron chi connectivity index (χ1n) is 4.74. The van der Waals surface area contributed by atoms with Gasteiger partial charge in [0.05, 0.1) is 6.61 Å². The molecule has 1 aliphatic rings. The molecule has 14 heavy (non-hydrogen) atoms. The Hall–Kier alpha value is -0.730. The Morgan fingerprint density at radius 3 is 3.07 bits per heavy atom. The highest BCUT2D eigenvalue weighted by molar-refractivity contribution is 6.30. The molecule has 0 saturated heterocycles. The van der Waals surface area contributed by atoms with E-state index in [0.717, 1.165) is 17.2 Å². The van der Waals surface area contributed by atoms with Crippen LogP contribution >= 0.6 is 11.6 Å². The van der Waals surface area contributed by atoms with Crippen molar-refractivity contribution in [3.8, 4) is 5.75 Å². The molecule has 3 heteroatoms. The van der Waals surface area contributed by atoms with E-state index in [1.807, 2.05) is 18.2 Å². The lowest BCUT2D eigenvalue weighted by atomic mass is 9.82. The predicted molar refractivity (Wildman–Crippen MR) is 57.8 cm³/mol. The van der Waals surface area contributed by atoms with Gasteiger partial charge in [0.2, 0.25) is 0 Å². The first-order chi connectivity index (χ1) is 6.63. The second kappa shape index (κ2) is 3.44. The highest BCUT2D eigenvalue weighted by Gasteiger charge is 2.29. The van der Waals surface area contributed by atoms with E-state index in [1.54, 1.807) is 0 Å². The summed E-state index contributed by atoms with van der Waals surface area (Å²) in [5.74, 6) is 0.906. The summed E-state index contributed by atoms with van der Waals surface area (Å²) in [6.07, 6.45) is 0.968. The summed E-state index contributed by atoms with van der Waals surface area (Å²) in [5, 5.41) is 0.722. The molecule has 76 valence electrons. The monoisotopic (exact) mass is 211 g/mol. The third kappa shape index (κ3) is 1.72. The maximum atomic E-state index is 5.88. The van der Waals surface area contributed by atoms with Gasteiger partial charge in [-0.3, -0.25) is 0 Å². The largest absolute Gasteiger partial charge is 0.493 e. The molecule has 0 radical (unpaired) electrons. The number of rotatable bonds is 1. The molecule has 0 aliphatic carbocycles. The van der Waals surface area contributed by atoms with Crippen LogP contribution in [-0.4, -0.2) is 13.2 Å². The van der Waals surface area contributed by atoms with Gasteiger partial charge in [-0.1, -0.05) is 24.6 Å². The van der Waals surface area contributed by atoms with Crippen LogP contribution in [0.2, 0.25) is 5.02 Å². The average Bonchev–Trinajstić information content (AvgIpc) is 2.19. The third-order valence-electron chi connectivity index (χ3n) is 2.72. The molecule has 0 amide bonds. The number of benzene rings is 1. The van der Waals surface area contributed by atoms with Gasteiger partial charge in [0, 0.05) is 17.0 Å². The van der Waals surface area contributed by atoms with E-state index < -0.39 is 0 Å². The van der Waals surface area contributed by atoms with Gasteiger partial charge in [-0.15, -0.1) is 0 Å². The lowest BCUT2D eigenvalue weighted by Crippen LogP contribution is -2.38. The Balaban J connectivity index is 2.31. The molecule has 0 spiro atoms. The van der Waals surface area contributed by atoms with Crippen LogP contribution in [0.15, 0.2) is 18.2 Å². The normalized spacial score (nSPS) is 25.4. The molecule has 1 atom stereocenters. The average molecular weight is 212 g/mol. The fourth-order valence-electron chi connectivity index (χ4n) is 1.70. The zero-order chi connectivity index (χ0) is 10.2. The van der Waals surface area contributed by atoms with E-state index in [-0.39, 0.29) is 5.41 Å². The molecular weight excluding hydrogens is 198 g/mol. The fourth-order valence-corrected chi connectivity index (χ4v) is 1.86. The van der Waals surface area contributed by atoms with Gasteiger partial charge in [0.15, 0.2) is 0 Å². The van der Waals surface area contributed by atoms with Crippen LogP contribution in [0.1, 0.15) is 12.5 Å². The minimum absolute atomic E-state index is 0.0703. The van der Waals surface area contributed by atoms with Crippen molar-refractivity contribution in [2.24, 2.45) is 11.1 Å². The molecule has 2 N–H and O–H groups in total. The van der Waals surface area contributed by atoms with E-state index in [4.69, 9.17) is 22.1 Å². The van der Waals surface area contributed by atoms with Crippen molar-refractivity contribution in [2.75, 3.05) is 13.2 Å². The zero-order valence-corrected chi connectivity index (χ0v) is 8.97. The van der Waals surface area contributed by atoms with Gasteiger partial charge in [-0.25, -0.2) is 0 Å². The van der Waals surface area contributed by atoms with Crippen LogP contribution in [0, 0.1) is 5.41 Å². The maximum Gasteiger partial charge on any atom is 0.124 e. The van der Waals surface area contributed by atoms with Gasteiger partial charge in [-0.2, -0.15) is 0 Å². The molecule has 0 saturated carbocycles. The molecule has 1 unspecified atom stereocenters. The van der Waals surface area contributed by atoms with Crippen molar-refractivity contribution in [2.45, 2.75) is 13.3 Å². The van der Waals surface area contributed by atoms with Crippen molar-refractivity contribution in [1.82, 2.24) is 0 Å². The molecule has 1 aliphatic heterocycles. The number of fused-ring (bicyclic) bond motifs is 1. The van der Waals surface area contributed by atoms with E-state index in [2.05, 4.69) is 6.92 Å². The van der Waals surface area contributed by atoms with Crippen molar-refractivity contribution in [1.29, 1.82) is 0 Å². The van der Waals surface area contributed by atoms with E-state index in [9.17, 15) is 0 Å². The van der Waals surface area contributed by atoms with Crippen LogP contribution in [0.25, 0.3) is 0 Å². The lowest BCUT2D eigenvalue weighted by molar-refractivity contribution is 0.144. The van der Waals surface area contributed by atoms with E-state index in [0.29, 0.717) is 13.2 Å². The molecule has 2 rings (SSSR count). The van der Waals surface area contributed by atoms with Crippen molar-refractivity contribution < 1.29 is 4.74 Å². The summed E-state index contributed by atoms with van der Waals surface area (Å²) in [7, 11) is 0. The minimum Gasteiger partial charge on any atom is -0.493 e. The maximum absolute atomic E-state index is 5.88. The van der Waals surface area contributed by atoms with Gasteiger partial charge < -0.3 is 10.5 Å². The minimum atomic E-state index is 0.0703. The standard InChI is InChI=1S/C11H14ClNO/c1-11(6-13)5-8-2-3-9(12)4-10(8)14-7-11/h2-4H,5-7,13H2,1H3. The summed E-state index contributed by atoms with van der Waals surface area (Å²) >= 11 is 5.88. The molecule has 0 fully saturated rings. The van der Waals surface area contributed by atoms with E-state index in [1.165, 1.54) is 5.56 Å². The van der Waals surface area contributed by atoms with Crippen molar-refractivity contribution >= 4 is 11.6 Å². The number of hydrogen-bond acceptors (Lipinski definition) is 2. The SMILES string of the molecule is CC1(CN)COc2cc(Cl)ccc2C1. The zero-order valence-electron chi connectivity index (χ0n) is 8.22. The molecule has 2 nitrogen and oxygen atoms in total. The molecule has 1 aromatic rings. The first kappa shape index (κ1) is 9.81. The van der Waals surface area contributed by atoms with Crippen LogP contribution < -0.4 is 10.5 Å². The van der Waals surface area contributed by atoms with Crippen LogP contribution in [-0.2, 0) is 6.42 Å². The fraction of sp³-hybridized carbons (Fsp3) is 0.455. The van der Waals surface area contributed by atoms with Crippen LogP contribution in [0.4, 0.5) is 0 Å². The highest BCUT2D eigenvalue weighted by Crippen LogP contribution is 2.35. The third-order valence-corrected chi connectivity index (χ3v) is 2.95. The Morgan fingerprint density at radius 1 is 1.57 bits per heavy atom. The smallest absolute Gasteiger partial charge is 0.124 e. The Morgan fingerprint density at radius 2 is 2.36 bits per heavy atom. The number of nitrogens with two attached hydrogens (primary N) is 1. The lowest BCUT2D eigenvalue weighted by Gasteiger charge is -2.33. The molecule has 0 bridgehead atoms. The number of hydrogen-bond donors (Lipinski definition) is 1. The predicted octanol–water partition coefficient (Wildman–Crippen LogP) is 2.24.